The van der Waals surface area contributed by atoms with Crippen molar-refractivity contribution in [2.45, 2.75) is 146 Å². The molecule has 2 heteroatoms. The molecule has 0 heterocycles. The average Bonchev–Trinajstić information content (AvgIpc) is 2.79. The molecule has 0 aromatic heterocycles. The van der Waals surface area contributed by atoms with Crippen LogP contribution in [0.3, 0.4) is 0 Å². The van der Waals surface area contributed by atoms with Crippen molar-refractivity contribution in [2.24, 2.45) is 56.7 Å². The summed E-state index contributed by atoms with van der Waals surface area (Å²) in [6.45, 7) is 24.9. The molecular formula is C35H58O2. The number of fused-ring (bicyclic) bond motifs is 6. The molecule has 5 aliphatic rings. The lowest BCUT2D eigenvalue weighted by Gasteiger charge is -2.70. The van der Waals surface area contributed by atoms with Gasteiger partial charge in [0.1, 0.15) is 6.10 Å². The number of ether oxygens (including phenoxy) is 1. The van der Waals surface area contributed by atoms with E-state index in [0.717, 1.165) is 24.2 Å². The van der Waals surface area contributed by atoms with E-state index in [-0.39, 0.29) is 22.9 Å². The Morgan fingerprint density at radius 2 is 1.57 bits per heavy atom. The van der Waals surface area contributed by atoms with E-state index >= 15 is 0 Å². The quantitative estimate of drug-likeness (QED) is 0.279. The van der Waals surface area contributed by atoms with Crippen molar-refractivity contribution in [1.29, 1.82) is 0 Å². The van der Waals surface area contributed by atoms with E-state index in [1.54, 1.807) is 0 Å². The fourth-order valence-corrected chi connectivity index (χ4v) is 11.7. The monoisotopic (exact) mass is 510 g/mol. The Kier molecular flexibility index (Phi) is 6.65. The SMILES string of the molecule is CC(C)CC(=O)O[C@H]1CC[C@]2(C)C3=C(CC[C@@H]2C1(C)C)[C@@]1(C)CC[C@@]2(C)CC[C@@H](C)[C@H](C)[C@H]2[C@]1(C)CC3. The van der Waals surface area contributed by atoms with Gasteiger partial charge in [0.05, 0.1) is 0 Å². The second kappa shape index (κ2) is 8.86. The molecule has 0 aliphatic heterocycles. The Morgan fingerprint density at radius 1 is 0.865 bits per heavy atom. The van der Waals surface area contributed by atoms with Crippen LogP contribution in [0.4, 0.5) is 0 Å². The molecule has 3 saturated carbocycles. The van der Waals surface area contributed by atoms with Crippen LogP contribution in [0.15, 0.2) is 11.1 Å². The molecule has 0 bridgehead atoms. The number of carbonyl (C=O) groups is 1. The van der Waals surface area contributed by atoms with Gasteiger partial charge in [-0.2, -0.15) is 0 Å². The smallest absolute Gasteiger partial charge is 0.306 e. The van der Waals surface area contributed by atoms with Gasteiger partial charge in [0.15, 0.2) is 0 Å². The molecule has 0 saturated heterocycles. The lowest BCUT2D eigenvalue weighted by molar-refractivity contribution is -0.176. The van der Waals surface area contributed by atoms with Gasteiger partial charge in [-0.25, -0.2) is 0 Å². The maximum Gasteiger partial charge on any atom is 0.306 e. The summed E-state index contributed by atoms with van der Waals surface area (Å²) in [5.41, 5.74) is 5.30. The molecule has 0 aromatic carbocycles. The normalized spacial score (nSPS) is 49.0. The summed E-state index contributed by atoms with van der Waals surface area (Å²) in [5, 5.41) is 0. The highest BCUT2D eigenvalue weighted by Gasteiger charge is 2.66. The number of hydrogen-bond acceptors (Lipinski definition) is 2. The van der Waals surface area contributed by atoms with E-state index in [0.29, 0.717) is 34.5 Å². The fraction of sp³-hybridized carbons (Fsp3) is 0.914. The molecule has 37 heavy (non-hydrogen) atoms. The Hall–Kier alpha value is -0.790. The highest BCUT2D eigenvalue weighted by atomic mass is 16.5. The zero-order valence-electron chi connectivity index (χ0n) is 26.1. The van der Waals surface area contributed by atoms with Gasteiger partial charge in [-0.15, -0.1) is 0 Å². The van der Waals surface area contributed by atoms with Gasteiger partial charge in [-0.1, -0.05) is 80.4 Å². The van der Waals surface area contributed by atoms with Crippen molar-refractivity contribution in [3.05, 3.63) is 11.1 Å². The van der Waals surface area contributed by atoms with Crippen LogP contribution in [0.25, 0.3) is 0 Å². The molecule has 3 fully saturated rings. The van der Waals surface area contributed by atoms with Crippen LogP contribution in [0.5, 0.6) is 0 Å². The maximum absolute atomic E-state index is 12.7. The maximum atomic E-state index is 12.7. The van der Waals surface area contributed by atoms with Crippen LogP contribution < -0.4 is 0 Å². The van der Waals surface area contributed by atoms with Crippen LogP contribution >= 0.6 is 0 Å². The molecule has 0 unspecified atom stereocenters. The largest absolute Gasteiger partial charge is 0.462 e. The molecule has 0 aromatic rings. The van der Waals surface area contributed by atoms with E-state index in [2.05, 4.69) is 69.2 Å². The van der Waals surface area contributed by atoms with Crippen molar-refractivity contribution in [3.63, 3.8) is 0 Å². The molecule has 9 atom stereocenters. The predicted molar refractivity (Wildman–Crippen MR) is 154 cm³/mol. The number of esters is 1. The summed E-state index contributed by atoms with van der Waals surface area (Å²) in [6, 6.07) is 0. The summed E-state index contributed by atoms with van der Waals surface area (Å²) in [6.07, 6.45) is 13.7. The van der Waals surface area contributed by atoms with Gasteiger partial charge in [0.25, 0.3) is 0 Å². The van der Waals surface area contributed by atoms with Gasteiger partial charge in [-0.05, 0) is 115 Å². The molecule has 5 aliphatic carbocycles. The first kappa shape index (κ1) is 27.8. The average molecular weight is 511 g/mol. The number of rotatable bonds is 3. The zero-order chi connectivity index (χ0) is 27.2. The molecule has 0 radical (unpaired) electrons. The summed E-state index contributed by atoms with van der Waals surface area (Å²) in [5.74, 6) is 3.49. The van der Waals surface area contributed by atoms with E-state index < -0.39 is 0 Å². The van der Waals surface area contributed by atoms with Crippen LogP contribution in [-0.4, -0.2) is 12.1 Å². The van der Waals surface area contributed by atoms with Gasteiger partial charge in [0.2, 0.25) is 0 Å². The summed E-state index contributed by atoms with van der Waals surface area (Å²) in [4.78, 5) is 12.7. The van der Waals surface area contributed by atoms with Crippen molar-refractivity contribution >= 4 is 5.97 Å². The summed E-state index contributed by atoms with van der Waals surface area (Å²) < 4.78 is 6.21. The predicted octanol–water partition coefficient (Wildman–Crippen LogP) is 9.77. The van der Waals surface area contributed by atoms with Crippen molar-refractivity contribution in [3.8, 4) is 0 Å². The van der Waals surface area contributed by atoms with E-state index in [1.165, 1.54) is 57.8 Å². The fourth-order valence-electron chi connectivity index (χ4n) is 11.7. The second-order valence-electron chi connectivity index (χ2n) is 16.7. The second-order valence-corrected chi connectivity index (χ2v) is 16.7. The molecule has 5 rings (SSSR count). The highest BCUT2D eigenvalue weighted by Crippen LogP contribution is 2.75. The first-order chi connectivity index (χ1) is 17.1. The third kappa shape index (κ3) is 3.87. The molecule has 2 nitrogen and oxygen atoms in total. The minimum atomic E-state index is 0.00872. The standard InChI is InChI=1S/C35H58O2/c1-22(2)21-29(36)37-28-15-17-33(8)25-14-18-35(10)30-24(4)23(3)13-16-32(30,7)19-20-34(35,9)26(25)11-12-27(33)31(28,5)6/h22-24,27-28,30H,11-21H2,1-10H3/t23-,24+,27-,28+,30-,32-,33-,34-,35+/m1/s1. The minimum absolute atomic E-state index is 0.00872. The Morgan fingerprint density at radius 3 is 2.24 bits per heavy atom. The first-order valence-electron chi connectivity index (χ1n) is 16.0. The third-order valence-corrected chi connectivity index (χ3v) is 14.1. The number of carbonyl (C=O) groups excluding carboxylic acids is 1. The van der Waals surface area contributed by atoms with Crippen molar-refractivity contribution in [2.75, 3.05) is 0 Å². The molecule has 0 N–H and O–H groups in total. The molecule has 0 spiro atoms. The highest BCUT2D eigenvalue weighted by molar-refractivity contribution is 5.69. The Balaban J connectivity index is 1.48. The number of allylic oxidation sites excluding steroid dienone is 2. The molecular weight excluding hydrogens is 452 g/mol. The van der Waals surface area contributed by atoms with Crippen LogP contribution in [0.1, 0.15) is 140 Å². The molecule has 0 amide bonds. The number of hydrogen-bond donors (Lipinski definition) is 0. The van der Waals surface area contributed by atoms with E-state index in [1.807, 2.05) is 11.1 Å². The Labute approximate surface area is 229 Å². The molecule has 210 valence electrons. The zero-order valence-corrected chi connectivity index (χ0v) is 26.1. The summed E-state index contributed by atoms with van der Waals surface area (Å²) >= 11 is 0. The van der Waals surface area contributed by atoms with Gasteiger partial charge in [0, 0.05) is 11.8 Å². The van der Waals surface area contributed by atoms with Crippen molar-refractivity contribution < 1.29 is 9.53 Å². The van der Waals surface area contributed by atoms with Gasteiger partial charge in [-0.3, -0.25) is 4.79 Å². The van der Waals surface area contributed by atoms with Crippen LogP contribution in [-0.2, 0) is 9.53 Å². The lowest BCUT2D eigenvalue weighted by atomic mass is 9.35. The van der Waals surface area contributed by atoms with Gasteiger partial charge < -0.3 is 4.74 Å². The van der Waals surface area contributed by atoms with Crippen LogP contribution in [0, 0.1) is 56.7 Å². The van der Waals surface area contributed by atoms with Crippen molar-refractivity contribution in [1.82, 2.24) is 0 Å². The lowest BCUT2D eigenvalue weighted by Crippen LogP contribution is -2.62. The topological polar surface area (TPSA) is 26.3 Å². The van der Waals surface area contributed by atoms with E-state index in [9.17, 15) is 4.79 Å². The summed E-state index contributed by atoms with van der Waals surface area (Å²) in [7, 11) is 0. The van der Waals surface area contributed by atoms with Crippen LogP contribution in [0.2, 0.25) is 0 Å². The first-order valence-corrected chi connectivity index (χ1v) is 16.0. The van der Waals surface area contributed by atoms with E-state index in [4.69, 9.17) is 4.74 Å². The third-order valence-electron chi connectivity index (χ3n) is 14.1. The minimum Gasteiger partial charge on any atom is -0.462 e. The Bertz CT molecular complexity index is 958. The van der Waals surface area contributed by atoms with Gasteiger partial charge >= 0.3 is 5.97 Å².